The Morgan fingerprint density at radius 1 is 1.39 bits per heavy atom. The van der Waals surface area contributed by atoms with Crippen molar-refractivity contribution in [2.24, 2.45) is 5.73 Å². The largest absolute Gasteiger partial charge is 0.366 e. The molecule has 0 saturated carbocycles. The molecule has 23 heavy (non-hydrogen) atoms. The van der Waals surface area contributed by atoms with Gasteiger partial charge in [0, 0.05) is 11.9 Å². The normalized spacial score (nSPS) is 17.2. The maximum Gasteiger partial charge on any atom is 0.250 e. The van der Waals surface area contributed by atoms with Gasteiger partial charge in [-0.05, 0) is 25.0 Å². The van der Waals surface area contributed by atoms with E-state index in [1.54, 1.807) is 11.0 Å². The number of aromatic nitrogens is 1. The van der Waals surface area contributed by atoms with E-state index < -0.39 is 5.91 Å². The van der Waals surface area contributed by atoms with Crippen LogP contribution in [0.1, 0.15) is 28.9 Å². The van der Waals surface area contributed by atoms with Crippen LogP contribution in [0.25, 0.3) is 10.9 Å². The van der Waals surface area contributed by atoms with Crippen molar-refractivity contribution >= 4 is 22.7 Å². The number of rotatable bonds is 3. The van der Waals surface area contributed by atoms with E-state index in [0.717, 1.165) is 11.8 Å². The third-order valence-corrected chi connectivity index (χ3v) is 4.11. The maximum absolute atomic E-state index is 12.5. The zero-order valence-electron chi connectivity index (χ0n) is 12.5. The molecular weight excluding hydrogens is 292 g/mol. The molecular formula is C17H16N4O2. The van der Waals surface area contributed by atoms with Crippen LogP contribution in [0.15, 0.2) is 30.3 Å². The Bertz CT molecular complexity index is 825. The average Bonchev–Trinajstić information content (AvgIpc) is 3.02. The van der Waals surface area contributed by atoms with E-state index in [1.807, 2.05) is 24.3 Å². The van der Waals surface area contributed by atoms with Crippen molar-refractivity contribution in [2.45, 2.75) is 25.3 Å². The van der Waals surface area contributed by atoms with Gasteiger partial charge in [0.05, 0.1) is 29.3 Å². The molecule has 0 spiro atoms. The van der Waals surface area contributed by atoms with Crippen LogP contribution in [0.2, 0.25) is 0 Å². The van der Waals surface area contributed by atoms with Crippen LogP contribution in [-0.4, -0.2) is 34.3 Å². The number of nitrogens with zero attached hydrogens (tertiary/aromatic N) is 3. The number of benzene rings is 1. The zero-order chi connectivity index (χ0) is 16.4. The first-order valence-electron chi connectivity index (χ1n) is 7.47. The van der Waals surface area contributed by atoms with Crippen molar-refractivity contribution in [1.29, 1.82) is 5.26 Å². The highest BCUT2D eigenvalue weighted by molar-refractivity contribution is 5.98. The van der Waals surface area contributed by atoms with Crippen molar-refractivity contribution in [2.75, 3.05) is 6.54 Å². The van der Waals surface area contributed by atoms with Gasteiger partial charge in [0.2, 0.25) is 5.91 Å². The fourth-order valence-electron chi connectivity index (χ4n) is 2.95. The van der Waals surface area contributed by atoms with E-state index in [1.165, 1.54) is 0 Å². The second kappa shape index (κ2) is 6.05. The number of fused-ring (bicyclic) bond motifs is 1. The van der Waals surface area contributed by atoms with Crippen molar-refractivity contribution in [1.82, 2.24) is 9.88 Å². The fraction of sp³-hybridized carbons (Fsp3) is 0.294. The Hall–Kier alpha value is -2.94. The van der Waals surface area contributed by atoms with Crippen LogP contribution >= 0.6 is 0 Å². The lowest BCUT2D eigenvalue weighted by atomic mass is 10.1. The summed E-state index contributed by atoms with van der Waals surface area (Å²) in [5.74, 6) is -0.802. The summed E-state index contributed by atoms with van der Waals surface area (Å²) in [6.45, 7) is 0.566. The molecule has 1 aromatic carbocycles. The number of para-hydroxylation sites is 1. The smallest absolute Gasteiger partial charge is 0.250 e. The SMILES string of the molecule is N#C[C@@H]1CCCN1C(=O)Cc1nc2ccccc2cc1C(N)=O. The molecule has 0 radical (unpaired) electrons. The average molecular weight is 308 g/mol. The molecule has 1 aliphatic heterocycles. The van der Waals surface area contributed by atoms with E-state index in [0.29, 0.717) is 24.2 Å². The van der Waals surface area contributed by atoms with Gasteiger partial charge in [-0.25, -0.2) is 0 Å². The van der Waals surface area contributed by atoms with Gasteiger partial charge in [-0.1, -0.05) is 18.2 Å². The molecule has 2 amide bonds. The lowest BCUT2D eigenvalue weighted by Gasteiger charge is -2.19. The molecule has 6 heteroatoms. The minimum Gasteiger partial charge on any atom is -0.366 e. The number of primary amides is 1. The summed E-state index contributed by atoms with van der Waals surface area (Å²) in [7, 11) is 0. The number of carbonyl (C=O) groups excluding carboxylic acids is 2. The highest BCUT2D eigenvalue weighted by atomic mass is 16.2. The second-order valence-electron chi connectivity index (χ2n) is 5.59. The van der Waals surface area contributed by atoms with Crippen LogP contribution in [-0.2, 0) is 11.2 Å². The van der Waals surface area contributed by atoms with Crippen molar-refractivity contribution in [3.8, 4) is 6.07 Å². The van der Waals surface area contributed by atoms with Crippen molar-refractivity contribution in [3.63, 3.8) is 0 Å². The molecule has 0 unspecified atom stereocenters. The molecule has 1 fully saturated rings. The van der Waals surface area contributed by atoms with Gasteiger partial charge in [-0.2, -0.15) is 5.26 Å². The highest BCUT2D eigenvalue weighted by Gasteiger charge is 2.29. The van der Waals surface area contributed by atoms with Gasteiger partial charge in [0.25, 0.3) is 5.91 Å². The summed E-state index contributed by atoms with van der Waals surface area (Å²) >= 11 is 0. The minimum atomic E-state index is -0.607. The number of hydrogen-bond donors (Lipinski definition) is 1. The molecule has 2 heterocycles. The Morgan fingerprint density at radius 3 is 2.91 bits per heavy atom. The van der Waals surface area contributed by atoms with Gasteiger partial charge in [-0.3, -0.25) is 14.6 Å². The summed E-state index contributed by atoms with van der Waals surface area (Å²) in [6, 6.07) is 10.8. The zero-order valence-corrected chi connectivity index (χ0v) is 12.5. The molecule has 1 saturated heterocycles. The minimum absolute atomic E-state index is 0.0265. The van der Waals surface area contributed by atoms with Gasteiger partial charge in [-0.15, -0.1) is 0 Å². The van der Waals surface area contributed by atoms with Gasteiger partial charge in [0.15, 0.2) is 0 Å². The highest BCUT2D eigenvalue weighted by Crippen LogP contribution is 2.21. The molecule has 0 aliphatic carbocycles. The summed E-state index contributed by atoms with van der Waals surface area (Å²) in [5, 5.41) is 9.90. The molecule has 2 aromatic rings. The molecule has 6 nitrogen and oxygen atoms in total. The number of likely N-dealkylation sites (tertiary alicyclic amines) is 1. The molecule has 2 N–H and O–H groups in total. The monoisotopic (exact) mass is 308 g/mol. The number of nitrogens with two attached hydrogens (primary N) is 1. The Balaban J connectivity index is 1.95. The number of pyridine rings is 1. The van der Waals surface area contributed by atoms with Gasteiger partial charge < -0.3 is 10.6 Å². The first kappa shape index (κ1) is 15.0. The summed E-state index contributed by atoms with van der Waals surface area (Å²) < 4.78 is 0. The predicted molar refractivity (Wildman–Crippen MR) is 84.3 cm³/mol. The lowest BCUT2D eigenvalue weighted by Crippen LogP contribution is -2.36. The van der Waals surface area contributed by atoms with E-state index in [9.17, 15) is 9.59 Å². The van der Waals surface area contributed by atoms with Gasteiger partial charge in [0.1, 0.15) is 6.04 Å². The summed E-state index contributed by atoms with van der Waals surface area (Å²) in [4.78, 5) is 30.2. The Labute approximate surface area is 133 Å². The Kier molecular flexibility index (Phi) is 3.94. The molecule has 3 rings (SSSR count). The van der Waals surface area contributed by atoms with Crippen molar-refractivity contribution in [3.05, 3.63) is 41.6 Å². The Morgan fingerprint density at radius 2 is 2.17 bits per heavy atom. The molecule has 0 bridgehead atoms. The van der Waals surface area contributed by atoms with Crippen LogP contribution in [0.3, 0.4) is 0 Å². The lowest BCUT2D eigenvalue weighted by molar-refractivity contribution is -0.130. The number of amides is 2. The van der Waals surface area contributed by atoms with Crippen LogP contribution in [0.4, 0.5) is 0 Å². The fourth-order valence-corrected chi connectivity index (χ4v) is 2.95. The third kappa shape index (κ3) is 2.86. The van der Waals surface area contributed by atoms with Crippen LogP contribution in [0, 0.1) is 11.3 Å². The predicted octanol–water partition coefficient (Wildman–Crippen LogP) is 1.39. The first-order chi connectivity index (χ1) is 11.1. The van der Waals surface area contributed by atoms with E-state index in [4.69, 9.17) is 11.0 Å². The molecule has 116 valence electrons. The number of hydrogen-bond acceptors (Lipinski definition) is 4. The number of carbonyl (C=O) groups is 2. The van der Waals surface area contributed by atoms with Crippen molar-refractivity contribution < 1.29 is 9.59 Å². The topological polar surface area (TPSA) is 100 Å². The number of nitriles is 1. The maximum atomic E-state index is 12.5. The van der Waals surface area contributed by atoms with Crippen LogP contribution in [0.5, 0.6) is 0 Å². The second-order valence-corrected chi connectivity index (χ2v) is 5.59. The van der Waals surface area contributed by atoms with E-state index >= 15 is 0 Å². The molecule has 1 aliphatic rings. The molecule has 1 atom stereocenters. The van der Waals surface area contributed by atoms with Gasteiger partial charge >= 0.3 is 0 Å². The van der Waals surface area contributed by atoms with Crippen LogP contribution < -0.4 is 5.73 Å². The molecule has 1 aromatic heterocycles. The third-order valence-electron chi connectivity index (χ3n) is 4.11. The first-order valence-corrected chi connectivity index (χ1v) is 7.47. The standard InChI is InChI=1S/C17H16N4O2/c18-10-12-5-3-7-21(12)16(22)9-15-13(17(19)23)8-11-4-1-2-6-14(11)20-15/h1-2,4,6,8,12H,3,5,7,9H2,(H2,19,23)/t12-/m0/s1. The summed E-state index contributed by atoms with van der Waals surface area (Å²) in [5.41, 5.74) is 6.76. The quantitative estimate of drug-likeness (QED) is 0.926. The van der Waals surface area contributed by atoms with E-state index in [-0.39, 0.29) is 23.9 Å². The van der Waals surface area contributed by atoms with E-state index in [2.05, 4.69) is 11.1 Å². The summed E-state index contributed by atoms with van der Waals surface area (Å²) in [6.07, 6.45) is 1.48.